The first-order chi connectivity index (χ1) is 6.36. The second-order valence-corrected chi connectivity index (χ2v) is 3.07. The molecule has 0 aromatic carbocycles. The summed E-state index contributed by atoms with van der Waals surface area (Å²) in [6, 6.07) is 0. The molecular formula is C9H17NO4. The van der Waals surface area contributed by atoms with Gasteiger partial charge in [-0.15, -0.1) is 0 Å². The number of esters is 2. The maximum atomic E-state index is 11.3. The fourth-order valence-corrected chi connectivity index (χ4v) is 1.20. The Morgan fingerprint density at radius 1 is 1.36 bits per heavy atom. The van der Waals surface area contributed by atoms with Crippen LogP contribution in [0.3, 0.4) is 0 Å². The van der Waals surface area contributed by atoms with Crippen LogP contribution in [-0.4, -0.2) is 40.8 Å². The molecule has 0 saturated heterocycles. The van der Waals surface area contributed by atoms with Crippen LogP contribution in [0.2, 0.25) is 0 Å². The molecule has 1 atom stereocenters. The van der Waals surface area contributed by atoms with Crippen LogP contribution < -0.4 is 0 Å². The van der Waals surface area contributed by atoms with Gasteiger partial charge >= 0.3 is 11.9 Å². The number of carbonyl (C=O) groups is 2. The van der Waals surface area contributed by atoms with Crippen LogP contribution in [-0.2, 0) is 14.3 Å². The SMILES string of the molecule is CCN(CC)C(C)(O)C(=O)OC(C)=O. The predicted octanol–water partition coefficient (Wildman–Crippen LogP) is 0.126. The summed E-state index contributed by atoms with van der Waals surface area (Å²) in [5.74, 6) is -1.66. The third-order valence-corrected chi connectivity index (χ3v) is 2.00. The van der Waals surface area contributed by atoms with Gasteiger partial charge in [-0.05, 0) is 20.0 Å². The molecule has 0 amide bonds. The summed E-state index contributed by atoms with van der Waals surface area (Å²) in [4.78, 5) is 23.3. The highest BCUT2D eigenvalue weighted by molar-refractivity contribution is 5.88. The van der Waals surface area contributed by atoms with Crippen molar-refractivity contribution < 1.29 is 19.4 Å². The molecule has 1 unspecified atom stereocenters. The largest absolute Gasteiger partial charge is 0.390 e. The average molecular weight is 203 g/mol. The second kappa shape index (κ2) is 5.07. The Morgan fingerprint density at radius 3 is 2.07 bits per heavy atom. The van der Waals surface area contributed by atoms with E-state index in [4.69, 9.17) is 0 Å². The molecule has 14 heavy (non-hydrogen) atoms. The molecule has 5 nitrogen and oxygen atoms in total. The maximum absolute atomic E-state index is 11.3. The Morgan fingerprint density at radius 2 is 1.79 bits per heavy atom. The van der Waals surface area contributed by atoms with Gasteiger partial charge in [-0.25, -0.2) is 4.79 Å². The Bertz CT molecular complexity index is 221. The lowest BCUT2D eigenvalue weighted by Crippen LogP contribution is -2.53. The van der Waals surface area contributed by atoms with Gasteiger partial charge in [0, 0.05) is 6.92 Å². The zero-order chi connectivity index (χ0) is 11.4. The van der Waals surface area contributed by atoms with Crippen molar-refractivity contribution in [1.29, 1.82) is 0 Å². The van der Waals surface area contributed by atoms with Crippen molar-refractivity contribution in [3.05, 3.63) is 0 Å². The third-order valence-electron chi connectivity index (χ3n) is 2.00. The van der Waals surface area contributed by atoms with Crippen molar-refractivity contribution in [3.63, 3.8) is 0 Å². The Labute approximate surface area is 83.6 Å². The van der Waals surface area contributed by atoms with Gasteiger partial charge in [0.1, 0.15) is 0 Å². The molecule has 1 N–H and O–H groups in total. The van der Waals surface area contributed by atoms with Crippen LogP contribution in [0.15, 0.2) is 0 Å². The first kappa shape index (κ1) is 13.1. The van der Waals surface area contributed by atoms with Gasteiger partial charge in [0.05, 0.1) is 0 Å². The van der Waals surface area contributed by atoms with Crippen molar-refractivity contribution in [2.75, 3.05) is 13.1 Å². The molecule has 0 aromatic rings. The molecule has 0 radical (unpaired) electrons. The number of ether oxygens (including phenoxy) is 1. The Hall–Kier alpha value is -0.940. The molecule has 0 rings (SSSR count). The summed E-state index contributed by atoms with van der Waals surface area (Å²) in [6.45, 7) is 7.03. The third kappa shape index (κ3) is 3.08. The van der Waals surface area contributed by atoms with Crippen molar-refractivity contribution in [3.8, 4) is 0 Å². The zero-order valence-corrected chi connectivity index (χ0v) is 9.03. The van der Waals surface area contributed by atoms with E-state index in [1.54, 1.807) is 13.8 Å². The minimum Gasteiger partial charge on any atom is -0.390 e. The Kier molecular flexibility index (Phi) is 4.73. The first-order valence-corrected chi connectivity index (χ1v) is 4.56. The van der Waals surface area contributed by atoms with Gasteiger partial charge in [-0.2, -0.15) is 0 Å². The molecule has 0 bridgehead atoms. The minimum atomic E-state index is -1.74. The van der Waals surface area contributed by atoms with Crippen LogP contribution in [0.25, 0.3) is 0 Å². The van der Waals surface area contributed by atoms with Gasteiger partial charge in [0.15, 0.2) is 0 Å². The molecule has 0 fully saturated rings. The van der Waals surface area contributed by atoms with Crippen LogP contribution >= 0.6 is 0 Å². The number of aliphatic hydroxyl groups is 1. The highest BCUT2D eigenvalue weighted by Crippen LogP contribution is 2.12. The molecule has 0 aliphatic heterocycles. The summed E-state index contributed by atoms with van der Waals surface area (Å²) in [7, 11) is 0. The summed E-state index contributed by atoms with van der Waals surface area (Å²) in [6.07, 6.45) is 0. The van der Waals surface area contributed by atoms with E-state index in [0.717, 1.165) is 6.92 Å². The highest BCUT2D eigenvalue weighted by atomic mass is 16.6. The van der Waals surface area contributed by atoms with E-state index in [1.807, 2.05) is 0 Å². The van der Waals surface area contributed by atoms with Gasteiger partial charge in [0.2, 0.25) is 5.72 Å². The number of rotatable bonds is 4. The fraction of sp³-hybridized carbons (Fsp3) is 0.778. The van der Waals surface area contributed by atoms with Crippen molar-refractivity contribution in [1.82, 2.24) is 4.90 Å². The lowest BCUT2D eigenvalue weighted by Gasteiger charge is -2.32. The van der Waals surface area contributed by atoms with Gasteiger partial charge in [0.25, 0.3) is 0 Å². The normalized spacial score (nSPS) is 15.0. The van der Waals surface area contributed by atoms with E-state index in [9.17, 15) is 14.7 Å². The molecule has 0 heterocycles. The summed E-state index contributed by atoms with van der Waals surface area (Å²) in [5.41, 5.74) is -1.74. The Balaban J connectivity index is 4.57. The number of hydrogen-bond donors (Lipinski definition) is 1. The summed E-state index contributed by atoms with van der Waals surface area (Å²) in [5, 5.41) is 9.79. The van der Waals surface area contributed by atoms with Crippen molar-refractivity contribution in [2.24, 2.45) is 0 Å². The second-order valence-electron chi connectivity index (χ2n) is 3.07. The van der Waals surface area contributed by atoms with Gasteiger partial charge in [-0.1, -0.05) is 13.8 Å². The van der Waals surface area contributed by atoms with Gasteiger partial charge < -0.3 is 9.84 Å². The van der Waals surface area contributed by atoms with Crippen molar-refractivity contribution >= 4 is 11.9 Å². The number of nitrogens with zero attached hydrogens (tertiary/aromatic N) is 1. The topological polar surface area (TPSA) is 66.8 Å². The van der Waals surface area contributed by atoms with E-state index in [-0.39, 0.29) is 0 Å². The van der Waals surface area contributed by atoms with E-state index >= 15 is 0 Å². The lowest BCUT2D eigenvalue weighted by molar-refractivity contribution is -0.188. The average Bonchev–Trinajstić information content (AvgIpc) is 2.04. The smallest absolute Gasteiger partial charge is 0.361 e. The predicted molar refractivity (Wildman–Crippen MR) is 50.3 cm³/mol. The molecule has 0 aliphatic rings. The fourth-order valence-electron chi connectivity index (χ4n) is 1.20. The van der Waals surface area contributed by atoms with E-state index in [2.05, 4.69) is 4.74 Å². The van der Waals surface area contributed by atoms with Gasteiger partial charge in [-0.3, -0.25) is 9.69 Å². The number of carbonyl (C=O) groups excluding carboxylic acids is 2. The standard InChI is InChI=1S/C9H17NO4/c1-5-10(6-2)9(4,13)8(12)14-7(3)11/h13H,5-6H2,1-4H3. The van der Waals surface area contributed by atoms with E-state index < -0.39 is 17.7 Å². The summed E-state index contributed by atoms with van der Waals surface area (Å²) >= 11 is 0. The highest BCUT2D eigenvalue weighted by Gasteiger charge is 2.38. The lowest BCUT2D eigenvalue weighted by atomic mass is 10.2. The first-order valence-electron chi connectivity index (χ1n) is 4.56. The quantitative estimate of drug-likeness (QED) is 0.399. The zero-order valence-electron chi connectivity index (χ0n) is 9.03. The molecule has 0 spiro atoms. The van der Waals surface area contributed by atoms with Crippen LogP contribution in [0, 0.1) is 0 Å². The minimum absolute atomic E-state index is 0.497. The molecule has 82 valence electrons. The monoisotopic (exact) mass is 203 g/mol. The van der Waals surface area contributed by atoms with Crippen LogP contribution in [0.1, 0.15) is 27.7 Å². The number of likely N-dealkylation sites (N-methyl/N-ethyl adjacent to an activating group) is 1. The van der Waals surface area contributed by atoms with E-state index in [1.165, 1.54) is 11.8 Å². The molecule has 0 saturated carbocycles. The number of hydrogen-bond acceptors (Lipinski definition) is 5. The summed E-state index contributed by atoms with van der Waals surface area (Å²) < 4.78 is 4.33. The van der Waals surface area contributed by atoms with Crippen LogP contribution in [0.5, 0.6) is 0 Å². The van der Waals surface area contributed by atoms with Crippen molar-refractivity contribution in [2.45, 2.75) is 33.4 Å². The molecule has 5 heteroatoms. The van der Waals surface area contributed by atoms with Crippen LogP contribution in [0.4, 0.5) is 0 Å². The van der Waals surface area contributed by atoms with E-state index in [0.29, 0.717) is 13.1 Å². The molecular weight excluding hydrogens is 186 g/mol. The molecule has 0 aliphatic carbocycles. The maximum Gasteiger partial charge on any atom is 0.361 e. The molecule has 0 aromatic heterocycles.